The molecule has 1 aromatic heterocycles. The van der Waals surface area contributed by atoms with Crippen molar-refractivity contribution in [3.63, 3.8) is 0 Å². The smallest absolute Gasteiger partial charge is 0.314 e. The molecule has 4 nitrogen and oxygen atoms in total. The van der Waals surface area contributed by atoms with Gasteiger partial charge in [-0.2, -0.15) is 0 Å². The lowest BCUT2D eigenvalue weighted by atomic mass is 9.78. The zero-order valence-corrected chi connectivity index (χ0v) is 22.6. The zero-order chi connectivity index (χ0) is 25.2. The number of rotatable bonds is 11. The van der Waals surface area contributed by atoms with E-state index in [-0.39, 0.29) is 11.9 Å². The molecule has 0 saturated heterocycles. The Morgan fingerprint density at radius 2 is 1.36 bits per heavy atom. The maximum absolute atomic E-state index is 12.7. The Labute approximate surface area is 218 Å². The van der Waals surface area contributed by atoms with Gasteiger partial charge in [-0.05, 0) is 98.9 Å². The van der Waals surface area contributed by atoms with Gasteiger partial charge in [-0.25, -0.2) is 9.97 Å². The summed E-state index contributed by atoms with van der Waals surface area (Å²) in [4.78, 5) is 22.0. The molecule has 2 aliphatic rings. The number of ether oxygens (including phenoxy) is 1. The first-order chi connectivity index (χ1) is 17.7. The fourth-order valence-electron chi connectivity index (χ4n) is 6.22. The highest BCUT2D eigenvalue weighted by molar-refractivity contribution is 5.75. The molecule has 2 fully saturated rings. The first-order valence-corrected chi connectivity index (χ1v) is 14.8. The monoisotopic (exact) mass is 490 g/mol. The Hall–Kier alpha value is -2.23. The molecule has 4 rings (SSSR count). The summed E-state index contributed by atoms with van der Waals surface area (Å²) in [6.45, 7) is 4.54. The van der Waals surface area contributed by atoms with Gasteiger partial charge < -0.3 is 4.74 Å². The summed E-state index contributed by atoms with van der Waals surface area (Å²) in [5, 5.41) is 0. The molecule has 0 amide bonds. The van der Waals surface area contributed by atoms with Crippen LogP contribution in [0.4, 0.5) is 0 Å². The number of hydrogen-bond donors (Lipinski definition) is 0. The van der Waals surface area contributed by atoms with Crippen LogP contribution in [0.2, 0.25) is 0 Å². The Bertz CT molecular complexity index is 908. The second-order valence-electron chi connectivity index (χ2n) is 11.4. The first kappa shape index (κ1) is 26.8. The Morgan fingerprint density at radius 1 is 0.778 bits per heavy atom. The molecular weight excluding hydrogens is 444 g/mol. The van der Waals surface area contributed by atoms with E-state index in [0.29, 0.717) is 11.7 Å². The van der Waals surface area contributed by atoms with Crippen LogP contribution in [0.3, 0.4) is 0 Å². The van der Waals surface area contributed by atoms with Gasteiger partial charge in [0, 0.05) is 18.0 Å². The van der Waals surface area contributed by atoms with E-state index in [2.05, 4.69) is 23.8 Å². The van der Waals surface area contributed by atoms with Crippen molar-refractivity contribution in [2.24, 2.45) is 17.8 Å². The summed E-state index contributed by atoms with van der Waals surface area (Å²) in [7, 11) is 0. The average molecular weight is 491 g/mol. The SMILES string of the molecule is CCCCCC1CCC(C(=O)Oc2ccc(-c3ncc([C@H]4CC[C@H](CCCC)CC4)cn3)cc2)CC1. The highest BCUT2D eigenvalue weighted by Gasteiger charge is 2.27. The molecule has 0 N–H and O–H groups in total. The molecule has 2 saturated carbocycles. The van der Waals surface area contributed by atoms with Crippen molar-refractivity contribution in [3.05, 3.63) is 42.2 Å². The molecule has 0 spiro atoms. The molecule has 4 heteroatoms. The van der Waals surface area contributed by atoms with Crippen molar-refractivity contribution < 1.29 is 9.53 Å². The Kier molecular flexibility index (Phi) is 10.4. The van der Waals surface area contributed by atoms with E-state index in [1.807, 2.05) is 36.7 Å². The van der Waals surface area contributed by atoms with Gasteiger partial charge in [0.2, 0.25) is 0 Å². The van der Waals surface area contributed by atoms with Gasteiger partial charge in [-0.15, -0.1) is 0 Å². The van der Waals surface area contributed by atoms with Gasteiger partial charge in [0.15, 0.2) is 5.82 Å². The second kappa shape index (κ2) is 13.9. The Balaban J connectivity index is 1.24. The van der Waals surface area contributed by atoms with Gasteiger partial charge in [0.25, 0.3) is 0 Å². The van der Waals surface area contributed by atoms with Crippen molar-refractivity contribution >= 4 is 5.97 Å². The average Bonchev–Trinajstić information content (AvgIpc) is 2.93. The van der Waals surface area contributed by atoms with E-state index in [1.54, 1.807) is 0 Å². The minimum atomic E-state index is -0.0697. The van der Waals surface area contributed by atoms with Crippen LogP contribution in [0.5, 0.6) is 5.75 Å². The number of carbonyl (C=O) groups excluding carboxylic acids is 1. The highest BCUT2D eigenvalue weighted by Crippen LogP contribution is 2.37. The van der Waals surface area contributed by atoms with Gasteiger partial charge in [-0.3, -0.25) is 4.79 Å². The van der Waals surface area contributed by atoms with Crippen LogP contribution in [-0.2, 0) is 4.79 Å². The van der Waals surface area contributed by atoms with Crippen LogP contribution in [0.25, 0.3) is 11.4 Å². The summed E-state index contributed by atoms with van der Waals surface area (Å²) in [6, 6.07) is 7.67. The highest BCUT2D eigenvalue weighted by atomic mass is 16.5. The second-order valence-corrected chi connectivity index (χ2v) is 11.4. The molecule has 2 aliphatic carbocycles. The Morgan fingerprint density at radius 3 is 1.97 bits per heavy atom. The fraction of sp³-hybridized carbons (Fsp3) is 0.656. The summed E-state index contributed by atoms with van der Waals surface area (Å²) in [5.41, 5.74) is 2.23. The largest absolute Gasteiger partial charge is 0.426 e. The zero-order valence-electron chi connectivity index (χ0n) is 22.6. The number of esters is 1. The van der Waals surface area contributed by atoms with Gasteiger partial charge >= 0.3 is 5.97 Å². The van der Waals surface area contributed by atoms with Crippen molar-refractivity contribution in [2.75, 3.05) is 0 Å². The topological polar surface area (TPSA) is 52.1 Å². The maximum atomic E-state index is 12.7. The lowest BCUT2D eigenvalue weighted by Crippen LogP contribution is -2.25. The van der Waals surface area contributed by atoms with Crippen molar-refractivity contribution in [3.8, 4) is 17.1 Å². The summed E-state index contributed by atoms with van der Waals surface area (Å²) in [5.74, 6) is 3.64. The minimum absolute atomic E-state index is 0.0460. The lowest BCUT2D eigenvalue weighted by molar-refractivity contribution is -0.140. The van der Waals surface area contributed by atoms with Gasteiger partial charge in [0.05, 0.1) is 5.92 Å². The van der Waals surface area contributed by atoms with E-state index < -0.39 is 0 Å². The van der Waals surface area contributed by atoms with E-state index in [4.69, 9.17) is 4.74 Å². The van der Waals surface area contributed by atoms with E-state index in [1.165, 1.54) is 76.2 Å². The number of carbonyl (C=O) groups is 1. The third kappa shape index (κ3) is 7.63. The van der Waals surface area contributed by atoms with Crippen LogP contribution >= 0.6 is 0 Å². The van der Waals surface area contributed by atoms with Gasteiger partial charge in [0.1, 0.15) is 5.75 Å². The van der Waals surface area contributed by atoms with Crippen molar-refractivity contribution in [2.45, 2.75) is 116 Å². The lowest BCUT2D eigenvalue weighted by Gasteiger charge is -2.28. The summed E-state index contributed by atoms with van der Waals surface area (Å²) in [6.07, 6.45) is 22.8. The summed E-state index contributed by atoms with van der Waals surface area (Å²) >= 11 is 0. The van der Waals surface area contributed by atoms with E-state index in [0.717, 1.165) is 48.9 Å². The third-order valence-electron chi connectivity index (χ3n) is 8.68. The van der Waals surface area contributed by atoms with Crippen molar-refractivity contribution in [1.82, 2.24) is 9.97 Å². The predicted molar refractivity (Wildman–Crippen MR) is 147 cm³/mol. The van der Waals surface area contributed by atoms with Crippen molar-refractivity contribution in [1.29, 1.82) is 0 Å². The number of unbranched alkanes of at least 4 members (excludes halogenated alkanes) is 3. The molecule has 2 aromatic rings. The molecule has 0 radical (unpaired) electrons. The molecule has 0 bridgehead atoms. The maximum Gasteiger partial charge on any atom is 0.314 e. The van der Waals surface area contributed by atoms with Crippen LogP contribution < -0.4 is 4.74 Å². The summed E-state index contributed by atoms with van der Waals surface area (Å²) < 4.78 is 5.73. The normalized spacial score (nSPS) is 24.4. The molecule has 1 heterocycles. The standard InChI is InChI=1S/C32H46N2O2/c1-3-5-7-9-25-12-16-28(17-13-25)32(35)36-30-20-18-27(19-21-30)31-33-22-29(23-34-31)26-14-10-24(11-15-26)8-6-4-2/h18-26,28H,3-17H2,1-2H3/t24-,25?,26-,28?. The van der Waals surface area contributed by atoms with Crippen LogP contribution in [-0.4, -0.2) is 15.9 Å². The molecule has 0 atom stereocenters. The van der Waals surface area contributed by atoms with Crippen LogP contribution in [0.15, 0.2) is 36.7 Å². The molecule has 36 heavy (non-hydrogen) atoms. The quantitative estimate of drug-likeness (QED) is 0.179. The molecule has 0 aliphatic heterocycles. The number of nitrogens with zero attached hydrogens (tertiary/aromatic N) is 2. The van der Waals surface area contributed by atoms with Crippen LogP contribution in [0, 0.1) is 17.8 Å². The first-order valence-electron chi connectivity index (χ1n) is 14.8. The van der Waals surface area contributed by atoms with E-state index >= 15 is 0 Å². The fourth-order valence-corrected chi connectivity index (χ4v) is 6.22. The molecule has 1 aromatic carbocycles. The number of hydrogen-bond acceptors (Lipinski definition) is 4. The van der Waals surface area contributed by atoms with Gasteiger partial charge in [-0.1, -0.05) is 58.8 Å². The third-order valence-corrected chi connectivity index (χ3v) is 8.68. The number of benzene rings is 1. The number of aromatic nitrogens is 2. The molecule has 0 unspecified atom stereocenters. The molecule has 196 valence electrons. The molecular formula is C32H46N2O2. The van der Waals surface area contributed by atoms with Crippen LogP contribution in [0.1, 0.15) is 122 Å². The van der Waals surface area contributed by atoms with E-state index in [9.17, 15) is 4.79 Å². The minimum Gasteiger partial charge on any atom is -0.426 e. The predicted octanol–water partition coefficient (Wildman–Crippen LogP) is 8.90.